The average Bonchev–Trinajstić information content (AvgIpc) is 3.25. The molecular weight excluding hydrogens is 284 g/mol. The zero-order valence-corrected chi connectivity index (χ0v) is 13.3. The van der Waals surface area contributed by atoms with Gasteiger partial charge in [-0.2, -0.15) is 0 Å². The van der Waals surface area contributed by atoms with Crippen LogP contribution in [0.2, 0.25) is 0 Å². The van der Waals surface area contributed by atoms with E-state index >= 15 is 0 Å². The zero-order chi connectivity index (χ0) is 16.5. The topological polar surface area (TPSA) is 69.1 Å². The number of para-hydroxylation sites is 2. The largest absolute Gasteiger partial charge is 0.397 e. The molecule has 2 aromatic carbocycles. The van der Waals surface area contributed by atoms with Gasteiger partial charge in [-0.05, 0) is 43.2 Å². The normalized spacial score (nSPS) is 20.0. The molecule has 0 amide bonds. The number of allylic oxidation sites excluding steroid dienone is 2. The van der Waals surface area contributed by atoms with E-state index in [4.69, 9.17) is 11.5 Å². The summed E-state index contributed by atoms with van der Waals surface area (Å²) in [5.41, 5.74) is 12.8. The molecule has 2 aliphatic carbocycles. The summed E-state index contributed by atoms with van der Waals surface area (Å²) in [6.07, 6.45) is 10.0. The molecule has 2 atom stereocenters. The Morgan fingerprint density at radius 2 is 1.26 bits per heavy atom. The van der Waals surface area contributed by atoms with Crippen LogP contribution in [-0.4, -0.2) is 6.29 Å². The van der Waals surface area contributed by atoms with E-state index < -0.39 is 0 Å². The first kappa shape index (κ1) is 16.8. The number of fused-ring (bicyclic) bond motifs is 2. The van der Waals surface area contributed by atoms with Crippen molar-refractivity contribution in [3.05, 3.63) is 72.3 Å². The molecule has 2 bridgehead atoms. The maximum atomic E-state index is 10.0. The average molecular weight is 308 g/mol. The van der Waals surface area contributed by atoms with Crippen LogP contribution in [-0.2, 0) is 0 Å². The second-order valence-corrected chi connectivity index (χ2v) is 5.88. The number of rotatable bonds is 1. The zero-order valence-electron chi connectivity index (χ0n) is 13.3. The van der Waals surface area contributed by atoms with Crippen molar-refractivity contribution >= 4 is 17.7 Å². The van der Waals surface area contributed by atoms with E-state index in [1.807, 2.05) is 30.3 Å². The Hall–Kier alpha value is -2.55. The van der Waals surface area contributed by atoms with Gasteiger partial charge in [-0.15, -0.1) is 0 Å². The number of carbonyl (C=O) groups is 1. The molecule has 2 aromatic rings. The molecule has 23 heavy (non-hydrogen) atoms. The summed E-state index contributed by atoms with van der Waals surface area (Å²) in [6.45, 7) is 0. The van der Waals surface area contributed by atoms with E-state index in [0.717, 1.165) is 23.7 Å². The van der Waals surface area contributed by atoms with E-state index in [-0.39, 0.29) is 0 Å². The van der Waals surface area contributed by atoms with Crippen LogP contribution < -0.4 is 11.5 Å². The summed E-state index contributed by atoms with van der Waals surface area (Å²) in [5.74, 6) is 1.98. The van der Waals surface area contributed by atoms with Gasteiger partial charge in [-0.25, -0.2) is 0 Å². The number of hydrogen-bond acceptors (Lipinski definition) is 3. The number of hydrogen-bond donors (Lipinski definition) is 2. The van der Waals surface area contributed by atoms with Crippen LogP contribution in [0.1, 0.15) is 29.6 Å². The van der Waals surface area contributed by atoms with Crippen LogP contribution in [0.15, 0.2) is 66.7 Å². The molecule has 1 saturated carbocycles. The minimum absolute atomic E-state index is 0.646. The molecule has 0 saturated heterocycles. The van der Waals surface area contributed by atoms with Crippen molar-refractivity contribution in [3.63, 3.8) is 0 Å². The highest BCUT2D eigenvalue weighted by Crippen LogP contribution is 2.38. The van der Waals surface area contributed by atoms with Crippen LogP contribution in [0.3, 0.4) is 0 Å². The third-order valence-electron chi connectivity index (χ3n) is 4.10. The smallest absolute Gasteiger partial charge is 0.150 e. The first-order valence-corrected chi connectivity index (χ1v) is 7.97. The second kappa shape index (κ2) is 8.79. The molecule has 1 fully saturated rings. The number of nitrogens with two attached hydrogens (primary N) is 2. The highest BCUT2D eigenvalue weighted by molar-refractivity contribution is 5.74. The molecule has 0 radical (unpaired) electrons. The third kappa shape index (κ3) is 5.62. The maximum absolute atomic E-state index is 10.0. The number of benzene rings is 2. The summed E-state index contributed by atoms with van der Waals surface area (Å²) in [7, 11) is 0. The van der Waals surface area contributed by atoms with Crippen molar-refractivity contribution < 1.29 is 4.79 Å². The van der Waals surface area contributed by atoms with Crippen LogP contribution in [0.25, 0.3) is 0 Å². The Balaban J connectivity index is 0.000000125. The van der Waals surface area contributed by atoms with Gasteiger partial charge in [0.25, 0.3) is 0 Å². The minimum atomic E-state index is 0.646. The molecule has 0 spiro atoms. The summed E-state index contributed by atoms with van der Waals surface area (Å²) < 4.78 is 0. The van der Waals surface area contributed by atoms with Crippen LogP contribution >= 0.6 is 0 Å². The lowest BCUT2D eigenvalue weighted by atomic mass is 10.1. The van der Waals surface area contributed by atoms with Crippen LogP contribution in [0.5, 0.6) is 0 Å². The second-order valence-electron chi connectivity index (χ2n) is 5.88. The lowest BCUT2D eigenvalue weighted by Crippen LogP contribution is -1.91. The predicted octanol–water partition coefficient (Wildman–Crippen LogP) is 4.32. The third-order valence-corrected chi connectivity index (χ3v) is 4.10. The van der Waals surface area contributed by atoms with Gasteiger partial charge in [0.1, 0.15) is 6.29 Å². The van der Waals surface area contributed by atoms with Gasteiger partial charge in [-0.1, -0.05) is 54.6 Å². The predicted molar refractivity (Wildman–Crippen MR) is 97.1 cm³/mol. The number of anilines is 2. The van der Waals surface area contributed by atoms with E-state index in [1.54, 1.807) is 24.3 Å². The Kier molecular flexibility index (Phi) is 6.42. The van der Waals surface area contributed by atoms with Gasteiger partial charge in [-0.3, -0.25) is 4.79 Å². The van der Waals surface area contributed by atoms with Crippen molar-refractivity contribution in [2.75, 3.05) is 11.5 Å². The summed E-state index contributed by atoms with van der Waals surface area (Å²) in [6, 6.07) is 16.3. The fourth-order valence-corrected chi connectivity index (χ4v) is 2.76. The Bertz CT molecular complexity index is 604. The number of aldehydes is 1. The quantitative estimate of drug-likeness (QED) is 0.468. The standard InChI is InChI=1S/C7H6O.C7H10.C6H8N2/c8-6-7-4-2-1-3-5-7;1-2-7-4-3-6(1)5-7;7-5-3-1-2-4-6(5)8/h1-6H;1-2,6-7H,3-5H2;1-4H,7-8H2. The SMILES string of the molecule is C1=CC2CCC1C2.Nc1ccccc1N.O=Cc1ccccc1. The van der Waals surface area contributed by atoms with E-state index in [0.29, 0.717) is 11.4 Å². The van der Waals surface area contributed by atoms with E-state index in [9.17, 15) is 4.79 Å². The fraction of sp³-hybridized carbons (Fsp3) is 0.250. The van der Waals surface area contributed by atoms with Gasteiger partial charge >= 0.3 is 0 Å². The molecule has 2 unspecified atom stereocenters. The first-order chi connectivity index (χ1) is 11.2. The van der Waals surface area contributed by atoms with E-state index in [1.165, 1.54) is 19.3 Å². The van der Waals surface area contributed by atoms with Crippen molar-refractivity contribution in [3.8, 4) is 0 Å². The van der Waals surface area contributed by atoms with Crippen LogP contribution in [0, 0.1) is 11.8 Å². The van der Waals surface area contributed by atoms with Gasteiger partial charge in [0.2, 0.25) is 0 Å². The molecule has 4 N–H and O–H groups in total. The molecule has 3 nitrogen and oxygen atoms in total. The van der Waals surface area contributed by atoms with Crippen LogP contribution in [0.4, 0.5) is 11.4 Å². The first-order valence-electron chi connectivity index (χ1n) is 7.97. The number of nitrogen functional groups attached to an aromatic ring is 2. The summed E-state index contributed by atoms with van der Waals surface area (Å²) in [4.78, 5) is 10.0. The summed E-state index contributed by atoms with van der Waals surface area (Å²) >= 11 is 0. The number of carbonyl (C=O) groups excluding carboxylic acids is 1. The molecule has 120 valence electrons. The maximum Gasteiger partial charge on any atom is 0.150 e. The van der Waals surface area contributed by atoms with Crippen molar-refractivity contribution in [2.24, 2.45) is 11.8 Å². The lowest BCUT2D eigenvalue weighted by Gasteiger charge is -1.96. The van der Waals surface area contributed by atoms with Gasteiger partial charge in [0.15, 0.2) is 0 Å². The lowest BCUT2D eigenvalue weighted by molar-refractivity contribution is 0.112. The highest BCUT2D eigenvalue weighted by Gasteiger charge is 2.25. The van der Waals surface area contributed by atoms with Crippen molar-refractivity contribution in [1.29, 1.82) is 0 Å². The molecule has 0 aliphatic heterocycles. The Labute approximate surface area is 138 Å². The molecule has 2 aliphatic rings. The van der Waals surface area contributed by atoms with Crippen molar-refractivity contribution in [2.45, 2.75) is 19.3 Å². The monoisotopic (exact) mass is 308 g/mol. The molecule has 4 rings (SSSR count). The highest BCUT2D eigenvalue weighted by atomic mass is 16.1. The van der Waals surface area contributed by atoms with Gasteiger partial charge in [0, 0.05) is 5.56 Å². The Morgan fingerprint density at radius 3 is 1.52 bits per heavy atom. The van der Waals surface area contributed by atoms with Gasteiger partial charge < -0.3 is 11.5 Å². The molecule has 3 heteroatoms. The van der Waals surface area contributed by atoms with Crippen molar-refractivity contribution in [1.82, 2.24) is 0 Å². The fourth-order valence-electron chi connectivity index (χ4n) is 2.76. The molecular formula is C20H24N2O. The summed E-state index contributed by atoms with van der Waals surface area (Å²) in [5, 5.41) is 0. The Morgan fingerprint density at radius 1 is 0.783 bits per heavy atom. The van der Waals surface area contributed by atoms with E-state index in [2.05, 4.69) is 12.2 Å². The van der Waals surface area contributed by atoms with Gasteiger partial charge in [0.05, 0.1) is 11.4 Å². The minimum Gasteiger partial charge on any atom is -0.397 e. The molecule has 0 aromatic heterocycles. The molecule has 0 heterocycles.